The first-order chi connectivity index (χ1) is 32.5. The molecule has 12 nitrogen and oxygen atoms in total. The lowest BCUT2D eigenvalue weighted by atomic mass is 9.66. The van der Waals surface area contributed by atoms with E-state index < -0.39 is 16.8 Å². The summed E-state index contributed by atoms with van der Waals surface area (Å²) in [6.07, 6.45) is 4.41. The number of methoxy groups -OCH3 is 5. The molecule has 12 heteroatoms. The summed E-state index contributed by atoms with van der Waals surface area (Å²) in [5.74, 6) is 1.36. The van der Waals surface area contributed by atoms with Gasteiger partial charge in [-0.3, -0.25) is 0 Å². The fourth-order valence-electron chi connectivity index (χ4n) is 9.16. The summed E-state index contributed by atoms with van der Waals surface area (Å²) in [6.45, 7) is 13.0. The maximum atomic E-state index is 13.4. The van der Waals surface area contributed by atoms with Gasteiger partial charge in [0, 0.05) is 13.1 Å². The second-order valence-electron chi connectivity index (χ2n) is 18.6. The highest BCUT2D eigenvalue weighted by molar-refractivity contribution is 5.90. The van der Waals surface area contributed by atoms with E-state index in [0.717, 1.165) is 73.3 Å². The standard InChI is InChI=1S/C56H74N4O8/c1-39(2)55(37-57,24-14-26-59(6)29-23-43-18-20-49(63-8)51(34-43)65-10)48-33-44(32-46(35-48)53(61)67-12)30-41(5)56(38-58,47-19-21-50(64-9)52(36-47)66-11)25-15-27-60(7)28-22-42-16-13-17-45(31-42)54(62)68-40(3)4/h13,16-21,31-36,39-41H,14-15,22-30H2,1-12H3. The molecule has 3 atom stereocenters. The zero-order valence-corrected chi connectivity index (χ0v) is 42.6. The molecule has 0 aliphatic rings. The minimum absolute atomic E-state index is 0.0741. The number of carbonyl (C=O) groups excluding carboxylic acids is 2. The lowest BCUT2D eigenvalue weighted by Crippen LogP contribution is -2.35. The van der Waals surface area contributed by atoms with Crippen LogP contribution in [0.5, 0.6) is 23.0 Å². The molecule has 0 aliphatic carbocycles. The summed E-state index contributed by atoms with van der Waals surface area (Å²) in [7, 11) is 12.0. The van der Waals surface area contributed by atoms with E-state index >= 15 is 0 Å². The van der Waals surface area contributed by atoms with Crippen LogP contribution in [-0.4, -0.2) is 104 Å². The van der Waals surface area contributed by atoms with Gasteiger partial charge in [0.1, 0.15) is 0 Å². The van der Waals surface area contributed by atoms with Gasteiger partial charge in [0.05, 0.1) is 75.7 Å². The normalized spacial score (nSPS) is 13.6. The zero-order chi connectivity index (χ0) is 50.0. The van der Waals surface area contributed by atoms with Gasteiger partial charge < -0.3 is 38.2 Å². The van der Waals surface area contributed by atoms with E-state index in [-0.39, 0.29) is 23.9 Å². The van der Waals surface area contributed by atoms with Crippen LogP contribution in [0.3, 0.4) is 0 Å². The number of esters is 2. The zero-order valence-electron chi connectivity index (χ0n) is 42.6. The van der Waals surface area contributed by atoms with Gasteiger partial charge in [-0.1, -0.05) is 51.1 Å². The largest absolute Gasteiger partial charge is 0.493 e. The molecule has 0 aliphatic heterocycles. The van der Waals surface area contributed by atoms with Crippen LogP contribution in [0.4, 0.5) is 0 Å². The Hall–Kier alpha value is -6.08. The highest BCUT2D eigenvalue weighted by Gasteiger charge is 2.40. The van der Waals surface area contributed by atoms with Crippen LogP contribution in [0, 0.1) is 34.5 Å². The van der Waals surface area contributed by atoms with Gasteiger partial charge in [0.2, 0.25) is 0 Å². The number of hydrogen-bond donors (Lipinski definition) is 0. The number of nitrogens with zero attached hydrogens (tertiary/aromatic N) is 4. The maximum absolute atomic E-state index is 13.4. The average molecular weight is 931 g/mol. The van der Waals surface area contributed by atoms with E-state index in [2.05, 4.69) is 68.9 Å². The Bertz CT molecular complexity index is 2370. The van der Waals surface area contributed by atoms with Crippen LogP contribution in [-0.2, 0) is 39.6 Å². The lowest BCUT2D eigenvalue weighted by Gasteiger charge is -2.36. The Morgan fingerprint density at radius 1 is 0.574 bits per heavy atom. The van der Waals surface area contributed by atoms with Gasteiger partial charge in [-0.25, -0.2) is 9.59 Å². The first kappa shape index (κ1) is 54.5. The Morgan fingerprint density at radius 2 is 1.12 bits per heavy atom. The molecule has 4 rings (SSSR count). The van der Waals surface area contributed by atoms with Crippen LogP contribution in [0.25, 0.3) is 0 Å². The Labute approximate surface area is 406 Å². The van der Waals surface area contributed by atoms with Crippen molar-refractivity contribution >= 4 is 11.9 Å². The SMILES string of the molecule is COC(=O)c1cc(CC(C)C(C#N)(CCCN(C)CCc2cccc(C(=O)OC(C)C)c2)c2ccc(OC)c(OC)c2)cc(C(C#N)(CCCN(C)CCc2ccc(OC)c(OC)c2)C(C)C)c1. The molecule has 4 aromatic rings. The molecule has 0 radical (unpaired) electrons. The molecule has 68 heavy (non-hydrogen) atoms. The molecule has 0 aromatic heterocycles. The van der Waals surface area contributed by atoms with Crippen molar-refractivity contribution < 1.29 is 38.0 Å². The van der Waals surface area contributed by atoms with Gasteiger partial charge in [-0.05, 0) is 174 Å². The van der Waals surface area contributed by atoms with E-state index in [9.17, 15) is 20.1 Å². The second-order valence-corrected chi connectivity index (χ2v) is 18.6. The van der Waals surface area contributed by atoms with Crippen molar-refractivity contribution in [2.24, 2.45) is 11.8 Å². The van der Waals surface area contributed by atoms with Gasteiger partial charge in [-0.2, -0.15) is 10.5 Å². The van der Waals surface area contributed by atoms with Gasteiger partial charge in [-0.15, -0.1) is 0 Å². The number of nitriles is 2. The Kier molecular flexibility index (Phi) is 20.8. The van der Waals surface area contributed by atoms with Crippen LogP contribution >= 0.6 is 0 Å². The van der Waals surface area contributed by atoms with Crippen molar-refractivity contribution in [3.05, 3.63) is 118 Å². The average Bonchev–Trinajstić information content (AvgIpc) is 3.34. The summed E-state index contributed by atoms with van der Waals surface area (Å²) in [4.78, 5) is 30.4. The summed E-state index contributed by atoms with van der Waals surface area (Å²) in [5, 5.41) is 22.5. The molecular formula is C56H74N4O8. The summed E-state index contributed by atoms with van der Waals surface area (Å²) in [6, 6.07) is 30.5. The van der Waals surface area contributed by atoms with Crippen molar-refractivity contribution in [1.29, 1.82) is 10.5 Å². The number of rotatable bonds is 27. The van der Waals surface area contributed by atoms with Crippen molar-refractivity contribution in [2.75, 3.05) is 75.8 Å². The monoisotopic (exact) mass is 931 g/mol. The van der Waals surface area contributed by atoms with E-state index in [1.807, 2.05) is 74.5 Å². The molecule has 0 saturated carbocycles. The van der Waals surface area contributed by atoms with E-state index in [1.165, 1.54) is 7.11 Å². The van der Waals surface area contributed by atoms with Crippen molar-refractivity contribution in [2.45, 2.75) is 96.5 Å². The summed E-state index contributed by atoms with van der Waals surface area (Å²) in [5.41, 5.74) is 3.65. The fourth-order valence-corrected chi connectivity index (χ4v) is 9.16. The Morgan fingerprint density at radius 3 is 1.66 bits per heavy atom. The third-order valence-electron chi connectivity index (χ3n) is 13.3. The molecule has 0 bridgehead atoms. The quantitative estimate of drug-likeness (QED) is 0.0525. The lowest BCUT2D eigenvalue weighted by molar-refractivity contribution is 0.0377. The predicted octanol–water partition coefficient (Wildman–Crippen LogP) is 10.0. The highest BCUT2D eigenvalue weighted by atomic mass is 16.5. The van der Waals surface area contributed by atoms with Crippen molar-refractivity contribution in [1.82, 2.24) is 9.80 Å². The Balaban J connectivity index is 1.60. The minimum Gasteiger partial charge on any atom is -0.493 e. The summed E-state index contributed by atoms with van der Waals surface area (Å²) < 4.78 is 32.9. The van der Waals surface area contributed by atoms with Gasteiger partial charge in [0.25, 0.3) is 0 Å². The smallest absolute Gasteiger partial charge is 0.338 e. The number of carbonyl (C=O) groups is 2. The van der Waals surface area contributed by atoms with Crippen molar-refractivity contribution in [3.63, 3.8) is 0 Å². The first-order valence-electron chi connectivity index (χ1n) is 23.7. The number of hydrogen-bond acceptors (Lipinski definition) is 12. The highest BCUT2D eigenvalue weighted by Crippen LogP contribution is 2.43. The van der Waals surface area contributed by atoms with Crippen molar-refractivity contribution in [3.8, 4) is 35.1 Å². The molecule has 366 valence electrons. The molecule has 0 fully saturated rings. The first-order valence-corrected chi connectivity index (χ1v) is 23.7. The predicted molar refractivity (Wildman–Crippen MR) is 267 cm³/mol. The molecule has 3 unspecified atom stereocenters. The molecule has 0 N–H and O–H groups in total. The minimum atomic E-state index is -0.973. The van der Waals surface area contributed by atoms with E-state index in [4.69, 9.17) is 28.4 Å². The second kappa shape index (κ2) is 25.9. The van der Waals surface area contributed by atoms with Crippen LogP contribution in [0.15, 0.2) is 78.9 Å². The van der Waals surface area contributed by atoms with Crippen LogP contribution in [0.1, 0.15) is 109 Å². The number of benzene rings is 4. The van der Waals surface area contributed by atoms with Crippen LogP contribution < -0.4 is 18.9 Å². The third kappa shape index (κ3) is 14.0. The van der Waals surface area contributed by atoms with E-state index in [1.54, 1.807) is 34.5 Å². The maximum Gasteiger partial charge on any atom is 0.338 e. The van der Waals surface area contributed by atoms with Gasteiger partial charge in [0.15, 0.2) is 23.0 Å². The number of ether oxygens (including phenoxy) is 6. The summed E-state index contributed by atoms with van der Waals surface area (Å²) >= 11 is 0. The number of likely N-dealkylation sites (N-methyl/N-ethyl adjacent to an activating group) is 2. The third-order valence-corrected chi connectivity index (χ3v) is 13.3. The van der Waals surface area contributed by atoms with E-state index in [0.29, 0.717) is 59.8 Å². The molecular weight excluding hydrogens is 857 g/mol. The molecule has 0 amide bonds. The molecule has 0 spiro atoms. The fraction of sp³-hybridized carbons (Fsp3) is 0.500. The van der Waals surface area contributed by atoms with Gasteiger partial charge >= 0.3 is 11.9 Å². The molecule has 0 saturated heterocycles. The molecule has 0 heterocycles. The molecule has 4 aromatic carbocycles. The topological polar surface area (TPSA) is 144 Å². The van der Waals surface area contributed by atoms with Crippen LogP contribution in [0.2, 0.25) is 0 Å².